The van der Waals surface area contributed by atoms with Crippen LogP contribution in [0.4, 0.5) is 0 Å². The first kappa shape index (κ1) is 11.6. The predicted molar refractivity (Wildman–Crippen MR) is 64.7 cm³/mol. The molecule has 0 bridgehead atoms. The Morgan fingerprint density at radius 1 is 1.28 bits per heavy atom. The van der Waals surface area contributed by atoms with Crippen molar-refractivity contribution in [2.24, 2.45) is 5.73 Å². The minimum Gasteiger partial charge on any atom is -0.487 e. The highest BCUT2D eigenvalue weighted by Crippen LogP contribution is 2.39. The van der Waals surface area contributed by atoms with E-state index in [4.69, 9.17) is 19.9 Å². The van der Waals surface area contributed by atoms with Gasteiger partial charge in [-0.25, -0.2) is 0 Å². The van der Waals surface area contributed by atoms with E-state index in [1.165, 1.54) is 0 Å². The lowest BCUT2D eigenvalue weighted by molar-refractivity contribution is 0.0596. The van der Waals surface area contributed by atoms with Crippen molar-refractivity contribution < 1.29 is 19.3 Å². The average Bonchev–Trinajstić information content (AvgIpc) is 2.98. The topological polar surface area (TPSA) is 73.9 Å². The smallest absolute Gasteiger partial charge is 0.231 e. The van der Waals surface area contributed by atoms with E-state index in [0.29, 0.717) is 23.8 Å². The normalized spacial score (nSPS) is 25.4. The summed E-state index contributed by atoms with van der Waals surface area (Å²) in [6.45, 7) is 0.601. The second-order valence-electron chi connectivity index (χ2n) is 4.67. The zero-order valence-corrected chi connectivity index (χ0v) is 10.1. The molecule has 3 N–H and O–H groups in total. The molecule has 1 aromatic carbocycles. The minimum absolute atomic E-state index is 0.143. The third kappa shape index (κ3) is 2.00. The molecule has 1 aromatic rings. The molecule has 0 radical (unpaired) electrons. The Bertz CT molecular complexity index is 449. The van der Waals surface area contributed by atoms with Crippen molar-refractivity contribution in [2.45, 2.75) is 38.0 Å². The maximum absolute atomic E-state index is 9.80. The maximum atomic E-state index is 9.80. The first-order chi connectivity index (χ1) is 8.78. The van der Waals surface area contributed by atoms with Crippen LogP contribution in [0.2, 0.25) is 0 Å². The van der Waals surface area contributed by atoms with Gasteiger partial charge in [0.25, 0.3) is 0 Å². The second kappa shape index (κ2) is 4.66. The van der Waals surface area contributed by atoms with Gasteiger partial charge in [0, 0.05) is 18.2 Å². The summed E-state index contributed by atoms with van der Waals surface area (Å²) >= 11 is 0. The number of aliphatic hydroxyl groups is 1. The minimum atomic E-state index is -0.388. The molecule has 2 aliphatic rings. The SMILES string of the molecule is NCc1cc2c(cc1OC1CCCC1O)OCO2. The summed E-state index contributed by atoms with van der Waals surface area (Å²) < 4.78 is 16.5. The molecule has 2 atom stereocenters. The zero-order valence-electron chi connectivity index (χ0n) is 10.1. The molecule has 0 spiro atoms. The molecule has 0 saturated heterocycles. The lowest BCUT2D eigenvalue weighted by atomic mass is 10.1. The van der Waals surface area contributed by atoms with Crippen molar-refractivity contribution in [1.29, 1.82) is 0 Å². The number of fused-ring (bicyclic) bond motifs is 1. The molecule has 5 nitrogen and oxygen atoms in total. The van der Waals surface area contributed by atoms with Gasteiger partial charge >= 0.3 is 0 Å². The number of hydrogen-bond donors (Lipinski definition) is 2. The van der Waals surface area contributed by atoms with E-state index in [0.717, 1.165) is 24.8 Å². The molecular formula is C13H17NO4. The predicted octanol–water partition coefficient (Wildman–Crippen LogP) is 1.17. The Kier molecular flexibility index (Phi) is 3.01. The summed E-state index contributed by atoms with van der Waals surface area (Å²) in [4.78, 5) is 0. The number of rotatable bonds is 3. The van der Waals surface area contributed by atoms with Crippen molar-refractivity contribution >= 4 is 0 Å². The van der Waals surface area contributed by atoms with Crippen LogP contribution in [0.15, 0.2) is 12.1 Å². The van der Waals surface area contributed by atoms with Crippen LogP contribution in [-0.4, -0.2) is 24.1 Å². The molecule has 1 aliphatic heterocycles. The van der Waals surface area contributed by atoms with E-state index in [-0.39, 0.29) is 19.0 Å². The second-order valence-corrected chi connectivity index (χ2v) is 4.67. The van der Waals surface area contributed by atoms with Crippen LogP contribution in [-0.2, 0) is 6.54 Å². The monoisotopic (exact) mass is 251 g/mol. The molecule has 0 aromatic heterocycles. The van der Waals surface area contributed by atoms with E-state index >= 15 is 0 Å². The Morgan fingerprint density at radius 3 is 2.72 bits per heavy atom. The highest BCUT2D eigenvalue weighted by Gasteiger charge is 2.28. The summed E-state index contributed by atoms with van der Waals surface area (Å²) in [6.07, 6.45) is 2.14. The molecule has 18 heavy (non-hydrogen) atoms. The highest BCUT2D eigenvalue weighted by molar-refractivity contribution is 5.51. The molecule has 1 fully saturated rings. The standard InChI is InChI=1S/C13H17NO4/c14-6-8-4-12-13(17-7-16-12)5-11(8)18-10-3-1-2-9(10)15/h4-5,9-10,15H,1-3,6-7,14H2. The van der Waals surface area contributed by atoms with Gasteiger partial charge in [0.1, 0.15) is 11.9 Å². The maximum Gasteiger partial charge on any atom is 0.231 e. The summed E-state index contributed by atoms with van der Waals surface area (Å²) in [5.41, 5.74) is 6.59. The lowest BCUT2D eigenvalue weighted by Gasteiger charge is -2.19. The van der Waals surface area contributed by atoms with Crippen molar-refractivity contribution in [3.8, 4) is 17.2 Å². The fourth-order valence-electron chi connectivity index (χ4n) is 2.44. The highest BCUT2D eigenvalue weighted by atomic mass is 16.7. The number of nitrogens with two attached hydrogens (primary N) is 1. The van der Waals surface area contributed by atoms with Gasteiger partial charge in [-0.05, 0) is 25.3 Å². The van der Waals surface area contributed by atoms with Gasteiger partial charge in [-0.15, -0.1) is 0 Å². The molecule has 2 unspecified atom stereocenters. The molecule has 98 valence electrons. The molecule has 0 amide bonds. The average molecular weight is 251 g/mol. The van der Waals surface area contributed by atoms with Crippen molar-refractivity contribution in [2.75, 3.05) is 6.79 Å². The summed E-state index contributed by atoms with van der Waals surface area (Å²) in [5.74, 6) is 2.07. The lowest BCUT2D eigenvalue weighted by Crippen LogP contribution is -2.26. The van der Waals surface area contributed by atoms with Crippen LogP contribution in [0, 0.1) is 0 Å². The molecular weight excluding hydrogens is 234 g/mol. The van der Waals surface area contributed by atoms with Crippen LogP contribution in [0.3, 0.4) is 0 Å². The van der Waals surface area contributed by atoms with Crippen LogP contribution in [0.1, 0.15) is 24.8 Å². The van der Waals surface area contributed by atoms with Crippen LogP contribution in [0.25, 0.3) is 0 Å². The van der Waals surface area contributed by atoms with Crippen molar-refractivity contribution in [3.05, 3.63) is 17.7 Å². The van der Waals surface area contributed by atoms with Crippen LogP contribution < -0.4 is 19.9 Å². The van der Waals surface area contributed by atoms with E-state index in [2.05, 4.69) is 0 Å². The zero-order chi connectivity index (χ0) is 12.5. The molecule has 1 heterocycles. The third-order valence-electron chi connectivity index (χ3n) is 3.47. The van der Waals surface area contributed by atoms with E-state index in [1.807, 2.05) is 6.07 Å². The Morgan fingerprint density at radius 2 is 2.06 bits per heavy atom. The molecule has 5 heteroatoms. The number of hydrogen-bond acceptors (Lipinski definition) is 5. The number of ether oxygens (including phenoxy) is 3. The molecule has 1 aliphatic carbocycles. The van der Waals surface area contributed by atoms with Gasteiger partial charge in [0.15, 0.2) is 11.5 Å². The summed E-state index contributed by atoms with van der Waals surface area (Å²) in [5, 5.41) is 9.80. The third-order valence-corrected chi connectivity index (χ3v) is 3.47. The Balaban J connectivity index is 1.86. The molecule has 3 rings (SSSR count). The number of aliphatic hydroxyl groups excluding tert-OH is 1. The van der Waals surface area contributed by atoms with E-state index < -0.39 is 0 Å². The van der Waals surface area contributed by atoms with Gasteiger partial charge in [-0.2, -0.15) is 0 Å². The van der Waals surface area contributed by atoms with Gasteiger partial charge in [-0.3, -0.25) is 0 Å². The first-order valence-electron chi connectivity index (χ1n) is 6.25. The largest absolute Gasteiger partial charge is 0.487 e. The van der Waals surface area contributed by atoms with E-state index in [1.54, 1.807) is 6.07 Å². The van der Waals surface area contributed by atoms with Gasteiger partial charge in [0.2, 0.25) is 6.79 Å². The summed E-state index contributed by atoms with van der Waals surface area (Å²) in [6, 6.07) is 3.65. The molecule has 1 saturated carbocycles. The van der Waals surface area contributed by atoms with Gasteiger partial charge in [-0.1, -0.05) is 0 Å². The quantitative estimate of drug-likeness (QED) is 0.843. The van der Waals surface area contributed by atoms with Crippen LogP contribution in [0.5, 0.6) is 17.2 Å². The Hall–Kier alpha value is -1.46. The van der Waals surface area contributed by atoms with E-state index in [9.17, 15) is 5.11 Å². The van der Waals surface area contributed by atoms with Crippen molar-refractivity contribution in [3.63, 3.8) is 0 Å². The number of benzene rings is 1. The summed E-state index contributed by atoms with van der Waals surface area (Å²) in [7, 11) is 0. The van der Waals surface area contributed by atoms with Crippen LogP contribution >= 0.6 is 0 Å². The fraction of sp³-hybridized carbons (Fsp3) is 0.538. The van der Waals surface area contributed by atoms with Crippen molar-refractivity contribution in [1.82, 2.24) is 0 Å². The first-order valence-corrected chi connectivity index (χ1v) is 6.25. The fourth-order valence-corrected chi connectivity index (χ4v) is 2.44. The van der Waals surface area contributed by atoms with Gasteiger partial charge < -0.3 is 25.1 Å². The van der Waals surface area contributed by atoms with Gasteiger partial charge in [0.05, 0.1) is 6.10 Å². The Labute approximate surface area is 105 Å².